The molecule has 1 aliphatic heterocycles. The Balaban J connectivity index is 1.76. The van der Waals surface area contributed by atoms with Crippen molar-refractivity contribution in [1.82, 2.24) is 0 Å². The third kappa shape index (κ3) is 8.71. The molecular formula is C16H28O5. The molecule has 0 aliphatic carbocycles. The molecule has 2 atom stereocenters. The number of carbonyl (C=O) groups is 2. The third-order valence-electron chi connectivity index (χ3n) is 3.90. The van der Waals surface area contributed by atoms with Gasteiger partial charge < -0.3 is 14.6 Å². The van der Waals surface area contributed by atoms with Crippen LogP contribution in [0.2, 0.25) is 0 Å². The molecule has 0 amide bonds. The van der Waals surface area contributed by atoms with Crippen molar-refractivity contribution in [2.75, 3.05) is 7.11 Å². The fourth-order valence-corrected chi connectivity index (χ4v) is 2.55. The van der Waals surface area contributed by atoms with E-state index in [0.717, 1.165) is 32.1 Å². The minimum absolute atomic E-state index is 0.0895. The van der Waals surface area contributed by atoms with Gasteiger partial charge in [0.2, 0.25) is 0 Å². The Labute approximate surface area is 127 Å². The predicted molar refractivity (Wildman–Crippen MR) is 79.1 cm³/mol. The lowest BCUT2D eigenvalue weighted by molar-refractivity contribution is -0.142. The smallest absolute Gasteiger partial charge is 0.337 e. The molecule has 0 saturated carbocycles. The Hall–Kier alpha value is -1.10. The number of unbranched alkanes of at least 4 members (excludes halogenated alkanes) is 8. The summed E-state index contributed by atoms with van der Waals surface area (Å²) in [7, 11) is 1.39. The van der Waals surface area contributed by atoms with Crippen molar-refractivity contribution in [3.05, 3.63) is 0 Å². The number of methoxy groups -OCH3 is 1. The molecule has 5 heteroatoms. The Bertz CT molecular complexity index is 316. The molecular weight excluding hydrogens is 272 g/mol. The van der Waals surface area contributed by atoms with E-state index in [1.165, 1.54) is 39.2 Å². The van der Waals surface area contributed by atoms with Gasteiger partial charge in [0.15, 0.2) is 6.10 Å². The lowest BCUT2D eigenvalue weighted by Crippen LogP contribution is -2.11. The lowest BCUT2D eigenvalue weighted by Gasteiger charge is -2.01. The summed E-state index contributed by atoms with van der Waals surface area (Å²) in [6.45, 7) is 0. The molecule has 1 rings (SSSR count). The molecule has 1 aliphatic rings. The number of hydrogen-bond acceptors (Lipinski definition) is 4. The summed E-state index contributed by atoms with van der Waals surface area (Å²) in [5.74, 6) is -0.938. The summed E-state index contributed by atoms with van der Waals surface area (Å²) >= 11 is 0. The van der Waals surface area contributed by atoms with E-state index in [4.69, 9.17) is 9.84 Å². The minimum Gasteiger partial charge on any atom is -0.481 e. The Kier molecular flexibility index (Phi) is 9.06. The summed E-state index contributed by atoms with van der Waals surface area (Å²) in [6.07, 6.45) is 11.2. The molecule has 1 fully saturated rings. The van der Waals surface area contributed by atoms with Crippen molar-refractivity contribution in [2.45, 2.75) is 82.8 Å². The van der Waals surface area contributed by atoms with Crippen LogP contribution in [0.4, 0.5) is 0 Å². The average molecular weight is 300 g/mol. The first-order chi connectivity index (χ1) is 10.1. The zero-order chi connectivity index (χ0) is 15.5. The van der Waals surface area contributed by atoms with Crippen LogP contribution in [-0.2, 0) is 19.1 Å². The molecule has 0 radical (unpaired) electrons. The summed E-state index contributed by atoms with van der Waals surface area (Å²) in [5, 5.41) is 8.51. The minimum atomic E-state index is -0.691. The van der Waals surface area contributed by atoms with Gasteiger partial charge in [0.05, 0.1) is 13.2 Å². The number of carbonyl (C=O) groups excluding carboxylic acids is 1. The summed E-state index contributed by atoms with van der Waals surface area (Å²) < 4.78 is 9.87. The fraction of sp³-hybridized carbons (Fsp3) is 0.875. The molecule has 21 heavy (non-hydrogen) atoms. The molecule has 0 aromatic heterocycles. The number of ether oxygens (including phenoxy) is 2. The second kappa shape index (κ2) is 10.6. The standard InChI is InChI=1S/C16H28O5/c1-20-16(19)15-13(21-15)11-9-7-5-3-2-4-6-8-10-12-14(17)18/h13,15H,2-12H2,1H3,(H,17,18)/t13-,15-/m1/s1. The van der Waals surface area contributed by atoms with Crippen molar-refractivity contribution < 1.29 is 24.2 Å². The number of aliphatic carboxylic acids is 1. The molecule has 1 N–H and O–H groups in total. The van der Waals surface area contributed by atoms with Crippen LogP contribution in [-0.4, -0.2) is 36.4 Å². The molecule has 122 valence electrons. The number of hydrogen-bond donors (Lipinski definition) is 1. The van der Waals surface area contributed by atoms with Gasteiger partial charge in [-0.2, -0.15) is 0 Å². The average Bonchev–Trinajstić information content (AvgIpc) is 3.23. The van der Waals surface area contributed by atoms with E-state index in [1.807, 2.05) is 0 Å². The van der Waals surface area contributed by atoms with E-state index in [2.05, 4.69) is 4.74 Å². The van der Waals surface area contributed by atoms with Crippen molar-refractivity contribution >= 4 is 11.9 Å². The van der Waals surface area contributed by atoms with Crippen molar-refractivity contribution in [3.63, 3.8) is 0 Å². The van der Waals surface area contributed by atoms with Crippen LogP contribution in [0.3, 0.4) is 0 Å². The van der Waals surface area contributed by atoms with Gasteiger partial charge in [-0.3, -0.25) is 4.79 Å². The predicted octanol–water partition coefficient (Wildman–Crippen LogP) is 3.30. The summed E-state index contributed by atoms with van der Waals surface area (Å²) in [6, 6.07) is 0. The van der Waals surface area contributed by atoms with Crippen molar-refractivity contribution in [1.29, 1.82) is 0 Å². The number of esters is 1. The fourth-order valence-electron chi connectivity index (χ4n) is 2.55. The van der Waals surface area contributed by atoms with E-state index < -0.39 is 5.97 Å². The summed E-state index contributed by atoms with van der Waals surface area (Å²) in [5.41, 5.74) is 0. The zero-order valence-corrected chi connectivity index (χ0v) is 13.0. The van der Waals surface area contributed by atoms with Crippen LogP contribution in [0.1, 0.15) is 70.6 Å². The number of epoxide rings is 1. The van der Waals surface area contributed by atoms with E-state index in [9.17, 15) is 9.59 Å². The van der Waals surface area contributed by atoms with Crippen LogP contribution in [0.5, 0.6) is 0 Å². The van der Waals surface area contributed by atoms with Gasteiger partial charge in [-0.25, -0.2) is 4.79 Å². The largest absolute Gasteiger partial charge is 0.481 e. The SMILES string of the molecule is COC(=O)[C@@H]1O[C@@H]1CCCCCCCCCCCC(=O)O. The first-order valence-electron chi connectivity index (χ1n) is 8.10. The Morgan fingerprint density at radius 2 is 1.48 bits per heavy atom. The highest BCUT2D eigenvalue weighted by Gasteiger charge is 2.45. The molecule has 1 heterocycles. The maximum absolute atomic E-state index is 11.1. The quantitative estimate of drug-likeness (QED) is 0.321. The normalized spacial score (nSPS) is 20.2. The highest BCUT2D eigenvalue weighted by molar-refractivity contribution is 5.77. The van der Waals surface area contributed by atoms with E-state index >= 15 is 0 Å². The van der Waals surface area contributed by atoms with Crippen LogP contribution in [0.15, 0.2) is 0 Å². The van der Waals surface area contributed by atoms with E-state index in [-0.39, 0.29) is 18.2 Å². The topological polar surface area (TPSA) is 76.1 Å². The third-order valence-corrected chi connectivity index (χ3v) is 3.90. The van der Waals surface area contributed by atoms with Gasteiger partial charge in [0.1, 0.15) is 0 Å². The van der Waals surface area contributed by atoms with E-state index in [0.29, 0.717) is 6.42 Å². The van der Waals surface area contributed by atoms with Gasteiger partial charge in [0.25, 0.3) is 0 Å². The maximum Gasteiger partial charge on any atom is 0.337 e. The van der Waals surface area contributed by atoms with Gasteiger partial charge in [-0.1, -0.05) is 51.4 Å². The lowest BCUT2D eigenvalue weighted by atomic mass is 10.0. The van der Waals surface area contributed by atoms with Crippen LogP contribution in [0.25, 0.3) is 0 Å². The summed E-state index contributed by atoms with van der Waals surface area (Å²) in [4.78, 5) is 21.5. The van der Waals surface area contributed by atoms with Crippen molar-refractivity contribution in [2.24, 2.45) is 0 Å². The first-order valence-corrected chi connectivity index (χ1v) is 8.10. The molecule has 0 aromatic carbocycles. The molecule has 5 nitrogen and oxygen atoms in total. The maximum atomic E-state index is 11.1. The Morgan fingerprint density at radius 1 is 0.952 bits per heavy atom. The first kappa shape index (κ1) is 18.0. The molecule has 0 unspecified atom stereocenters. The zero-order valence-electron chi connectivity index (χ0n) is 13.0. The van der Waals surface area contributed by atoms with Crippen LogP contribution >= 0.6 is 0 Å². The van der Waals surface area contributed by atoms with Crippen molar-refractivity contribution in [3.8, 4) is 0 Å². The van der Waals surface area contributed by atoms with Gasteiger partial charge in [0, 0.05) is 6.42 Å². The molecule has 0 spiro atoms. The van der Waals surface area contributed by atoms with Gasteiger partial charge >= 0.3 is 11.9 Å². The molecule has 1 saturated heterocycles. The Morgan fingerprint density at radius 3 is 2.00 bits per heavy atom. The molecule has 0 aromatic rings. The number of rotatable bonds is 13. The highest BCUT2D eigenvalue weighted by atomic mass is 16.6. The monoisotopic (exact) mass is 300 g/mol. The second-order valence-corrected chi connectivity index (χ2v) is 5.73. The van der Waals surface area contributed by atoms with E-state index in [1.54, 1.807) is 0 Å². The number of carboxylic acid groups (broad SMARTS) is 1. The van der Waals surface area contributed by atoms with Crippen LogP contribution in [0, 0.1) is 0 Å². The molecule has 0 bridgehead atoms. The van der Waals surface area contributed by atoms with Crippen LogP contribution < -0.4 is 0 Å². The highest BCUT2D eigenvalue weighted by Crippen LogP contribution is 2.28. The van der Waals surface area contributed by atoms with Gasteiger partial charge in [-0.05, 0) is 12.8 Å². The van der Waals surface area contributed by atoms with Gasteiger partial charge in [-0.15, -0.1) is 0 Å². The second-order valence-electron chi connectivity index (χ2n) is 5.73. The number of carboxylic acids is 1.